The van der Waals surface area contributed by atoms with Crippen molar-refractivity contribution in [3.8, 4) is 0 Å². The van der Waals surface area contributed by atoms with E-state index in [-0.39, 0.29) is 26.0 Å². The van der Waals surface area contributed by atoms with E-state index in [9.17, 15) is 24.0 Å². The minimum atomic E-state index is -1.65. The summed E-state index contributed by atoms with van der Waals surface area (Å²) in [6.07, 6.45) is 4.22. The number of nitrogens with zero attached hydrogens (tertiary/aromatic N) is 3. The number of aromatic nitrogens is 2. The molecule has 1 aromatic heterocycles. The zero-order valence-corrected chi connectivity index (χ0v) is 26.7. The van der Waals surface area contributed by atoms with E-state index in [4.69, 9.17) is 18.9 Å². The van der Waals surface area contributed by atoms with Crippen LogP contribution in [0, 0.1) is 0 Å². The lowest BCUT2D eigenvalue weighted by molar-refractivity contribution is -0.138. The number of rotatable bonds is 5. The minimum Gasteiger partial charge on any atom is -0.466 e. The molecule has 0 saturated carbocycles. The van der Waals surface area contributed by atoms with E-state index >= 15 is 0 Å². The van der Waals surface area contributed by atoms with Crippen molar-refractivity contribution in [1.82, 2.24) is 9.97 Å². The third-order valence-corrected chi connectivity index (χ3v) is 11.7. The Hall–Kier alpha value is -4.08. The van der Waals surface area contributed by atoms with E-state index in [2.05, 4.69) is 9.97 Å². The van der Waals surface area contributed by atoms with Gasteiger partial charge >= 0.3 is 23.9 Å². The molecule has 0 N–H and O–H groups in total. The highest BCUT2D eigenvalue weighted by atomic mass is 32.2. The molecule has 1 amide bonds. The molecule has 5 rings (SSSR count). The largest absolute Gasteiger partial charge is 0.466 e. The molecule has 12 nitrogen and oxygen atoms in total. The van der Waals surface area contributed by atoms with Crippen LogP contribution in [0.4, 0.5) is 5.69 Å². The average Bonchev–Trinajstić information content (AvgIpc) is 3.43. The lowest BCUT2D eigenvalue weighted by atomic mass is 9.83. The quantitative estimate of drug-likeness (QED) is 0.340. The topological polar surface area (TPSA) is 151 Å². The van der Waals surface area contributed by atoms with Gasteiger partial charge < -0.3 is 18.9 Å². The fourth-order valence-electron chi connectivity index (χ4n) is 5.15. The van der Waals surface area contributed by atoms with Crippen LogP contribution >= 0.6 is 35.3 Å². The zero-order chi connectivity index (χ0) is 32.0. The van der Waals surface area contributed by atoms with Gasteiger partial charge in [-0.25, -0.2) is 24.2 Å². The first-order valence-corrected chi connectivity index (χ1v) is 15.3. The Morgan fingerprint density at radius 3 is 1.89 bits per heavy atom. The highest BCUT2D eigenvalue weighted by Gasteiger charge is 2.61. The highest BCUT2D eigenvalue weighted by Crippen LogP contribution is 2.71. The summed E-state index contributed by atoms with van der Waals surface area (Å²) in [6, 6.07) is 7.00. The van der Waals surface area contributed by atoms with Gasteiger partial charge in [0.1, 0.15) is 24.5 Å². The maximum atomic E-state index is 14.1. The molecule has 0 fully saturated rings. The Bertz CT molecular complexity index is 1690. The first-order valence-electron chi connectivity index (χ1n) is 12.8. The van der Waals surface area contributed by atoms with Gasteiger partial charge in [0.25, 0.3) is 5.91 Å². The predicted molar refractivity (Wildman–Crippen MR) is 164 cm³/mol. The van der Waals surface area contributed by atoms with E-state index in [1.807, 2.05) is 0 Å². The van der Waals surface area contributed by atoms with Gasteiger partial charge in [-0.1, -0.05) is 53.5 Å². The molecule has 0 atom stereocenters. The van der Waals surface area contributed by atoms with E-state index in [0.717, 1.165) is 56.6 Å². The van der Waals surface area contributed by atoms with Crippen molar-refractivity contribution in [2.75, 3.05) is 33.3 Å². The molecule has 0 bridgehead atoms. The van der Waals surface area contributed by atoms with Crippen LogP contribution in [0.3, 0.4) is 0 Å². The van der Waals surface area contributed by atoms with E-state index in [1.54, 1.807) is 43.0 Å². The number of hydrogen-bond acceptors (Lipinski definition) is 14. The molecule has 1 spiro atoms. The zero-order valence-electron chi connectivity index (χ0n) is 24.3. The minimum absolute atomic E-state index is 0.0844. The second-order valence-corrected chi connectivity index (χ2v) is 13.5. The number of carbonyl (C=O) groups is 5. The molecule has 15 heteroatoms. The van der Waals surface area contributed by atoms with Crippen LogP contribution in [-0.4, -0.2) is 77.8 Å². The number of amides is 1. The van der Waals surface area contributed by atoms with Crippen molar-refractivity contribution >= 4 is 76.3 Å². The molecule has 0 saturated heterocycles. The molecule has 44 heavy (non-hydrogen) atoms. The molecule has 0 unspecified atom stereocenters. The van der Waals surface area contributed by atoms with Gasteiger partial charge in [-0.05, 0) is 19.9 Å². The molecule has 3 aliphatic rings. The summed E-state index contributed by atoms with van der Waals surface area (Å²) in [5, 5.41) is 0. The molecule has 3 aliphatic heterocycles. The number of carbonyl (C=O) groups excluding carboxylic acids is 5. The fraction of sp³-hybridized carbons (Fsp3) is 0.276. The molecule has 0 aliphatic carbocycles. The van der Waals surface area contributed by atoms with Gasteiger partial charge in [0.05, 0.1) is 51.4 Å². The van der Waals surface area contributed by atoms with Gasteiger partial charge in [-0.3, -0.25) is 14.7 Å². The first kappa shape index (κ1) is 31.3. The van der Waals surface area contributed by atoms with Crippen LogP contribution in [0.5, 0.6) is 0 Å². The normalized spacial score (nSPS) is 18.0. The van der Waals surface area contributed by atoms with Gasteiger partial charge in [0.2, 0.25) is 0 Å². The van der Waals surface area contributed by atoms with Crippen LogP contribution in [0.25, 0.3) is 5.57 Å². The molecule has 0 radical (unpaired) electrons. The molecule has 1 aromatic carbocycles. The van der Waals surface area contributed by atoms with E-state index < -0.39 is 39.4 Å². The number of fused-ring (bicyclic) bond motifs is 3. The monoisotopic (exact) mass is 655 g/mol. The summed E-state index contributed by atoms with van der Waals surface area (Å²) >= 11 is 2.68. The average molecular weight is 656 g/mol. The lowest BCUT2D eigenvalue weighted by Crippen LogP contribution is -2.54. The Morgan fingerprint density at radius 2 is 1.34 bits per heavy atom. The standard InChI is InChI=1S/C29H25N3O9S3/c1-28(2)22-17(14-9-7-8-10-16(14)32(28)23(33)15-13-30-11-12-31-15)29(18(24(34)38-3)19(42-22)25(35)39-4)43-20(26(36)40-5)21(44-29)27(37)41-6/h7-13H,1-6H3. The summed E-state index contributed by atoms with van der Waals surface area (Å²) in [6.45, 7) is 3.57. The Balaban J connectivity index is 1.87. The van der Waals surface area contributed by atoms with Crippen molar-refractivity contribution < 1.29 is 42.9 Å². The summed E-state index contributed by atoms with van der Waals surface area (Å²) in [7, 11) is 4.65. The summed E-state index contributed by atoms with van der Waals surface area (Å²) < 4.78 is 18.6. The number of thioether (sulfide) groups is 3. The molecule has 2 aromatic rings. The van der Waals surface area contributed by atoms with Gasteiger partial charge in [0.15, 0.2) is 0 Å². The third-order valence-electron chi connectivity index (χ3n) is 7.03. The Kier molecular flexibility index (Phi) is 8.39. The van der Waals surface area contributed by atoms with Crippen LogP contribution in [0.2, 0.25) is 0 Å². The predicted octanol–water partition coefficient (Wildman–Crippen LogP) is 3.71. The van der Waals surface area contributed by atoms with Crippen molar-refractivity contribution in [3.05, 3.63) is 79.3 Å². The van der Waals surface area contributed by atoms with Crippen molar-refractivity contribution in [2.45, 2.75) is 23.5 Å². The van der Waals surface area contributed by atoms with E-state index in [1.165, 1.54) is 25.7 Å². The van der Waals surface area contributed by atoms with Crippen LogP contribution in [-0.2, 0) is 38.1 Å². The lowest BCUT2D eigenvalue weighted by Gasteiger charge is -2.50. The molecule has 4 heterocycles. The maximum Gasteiger partial charge on any atom is 0.345 e. The number of ether oxygens (including phenoxy) is 4. The number of para-hydroxylation sites is 1. The summed E-state index contributed by atoms with van der Waals surface area (Å²) in [5.41, 5.74) is 0.204. The molecule has 228 valence electrons. The second-order valence-electron chi connectivity index (χ2n) is 9.76. The van der Waals surface area contributed by atoms with Crippen LogP contribution in [0.1, 0.15) is 29.9 Å². The highest BCUT2D eigenvalue weighted by molar-refractivity contribution is 8.26. The smallest absolute Gasteiger partial charge is 0.345 e. The molecular formula is C29H25N3O9S3. The SMILES string of the molecule is COC(=O)C1=C(C(=O)OC)SC2(S1)C(C(=O)OC)=C(C(=O)OC)SC1=C2c2ccccc2N(C(=O)c2cnccn2)C1(C)C. The van der Waals surface area contributed by atoms with Gasteiger partial charge in [-0.2, -0.15) is 0 Å². The number of hydrogen-bond donors (Lipinski definition) is 0. The molecular weight excluding hydrogens is 631 g/mol. The number of methoxy groups -OCH3 is 4. The third kappa shape index (κ3) is 4.70. The van der Waals surface area contributed by atoms with Crippen LogP contribution in [0.15, 0.2) is 68.0 Å². The van der Waals surface area contributed by atoms with Crippen LogP contribution < -0.4 is 4.90 Å². The first-order chi connectivity index (χ1) is 21.0. The van der Waals surface area contributed by atoms with Crippen molar-refractivity contribution in [3.63, 3.8) is 0 Å². The fourth-order valence-corrected chi connectivity index (χ4v) is 10.2. The number of anilines is 1. The number of benzene rings is 1. The maximum absolute atomic E-state index is 14.1. The van der Waals surface area contributed by atoms with E-state index in [0.29, 0.717) is 21.7 Å². The summed E-state index contributed by atoms with van der Waals surface area (Å²) in [4.78, 5) is 77.2. The second kappa shape index (κ2) is 11.8. The Labute approximate surface area is 264 Å². The van der Waals surface area contributed by atoms with Crippen molar-refractivity contribution in [2.24, 2.45) is 0 Å². The van der Waals surface area contributed by atoms with Crippen molar-refractivity contribution in [1.29, 1.82) is 0 Å². The summed E-state index contributed by atoms with van der Waals surface area (Å²) in [5.74, 6) is -3.88. The van der Waals surface area contributed by atoms with Gasteiger partial charge in [0, 0.05) is 28.4 Å². The van der Waals surface area contributed by atoms with Gasteiger partial charge in [-0.15, -0.1) is 0 Å². The number of esters is 4. The Morgan fingerprint density at radius 1 is 0.773 bits per heavy atom.